The number of carboxylic acids is 1. The standard InChI is InChI=1S/C17H16N2O3/c1-11-8-13(9-14(10-18)17(20)21)12(2)19(11)15-4-6-16(22-3)7-5-15/h4-9H,1-3H3,(H,20,21). The van der Waals surface area contributed by atoms with Crippen molar-refractivity contribution in [3.05, 3.63) is 52.9 Å². The molecule has 22 heavy (non-hydrogen) atoms. The highest BCUT2D eigenvalue weighted by atomic mass is 16.5. The van der Waals surface area contributed by atoms with Crippen LogP contribution >= 0.6 is 0 Å². The van der Waals surface area contributed by atoms with Crippen LogP contribution in [0.3, 0.4) is 0 Å². The van der Waals surface area contributed by atoms with Crippen LogP contribution in [0.15, 0.2) is 35.9 Å². The first-order chi connectivity index (χ1) is 10.5. The summed E-state index contributed by atoms with van der Waals surface area (Å²) in [4.78, 5) is 11.0. The SMILES string of the molecule is COc1ccc(-n2c(C)cc(C=C(C#N)C(=O)O)c2C)cc1. The third-order valence-electron chi connectivity index (χ3n) is 3.45. The van der Waals surface area contributed by atoms with Crippen molar-refractivity contribution in [1.29, 1.82) is 5.26 Å². The number of aliphatic carboxylic acids is 1. The molecular formula is C17H16N2O3. The molecule has 0 spiro atoms. The lowest BCUT2D eigenvalue weighted by atomic mass is 10.1. The van der Waals surface area contributed by atoms with Gasteiger partial charge in [-0.25, -0.2) is 4.79 Å². The minimum absolute atomic E-state index is 0.282. The summed E-state index contributed by atoms with van der Waals surface area (Å²) in [5, 5.41) is 17.8. The highest BCUT2D eigenvalue weighted by molar-refractivity contribution is 5.96. The fourth-order valence-corrected chi connectivity index (χ4v) is 2.36. The Bertz CT molecular complexity index is 777. The van der Waals surface area contributed by atoms with Gasteiger partial charge in [0.1, 0.15) is 17.4 Å². The molecule has 1 heterocycles. The Kier molecular flexibility index (Phi) is 4.33. The lowest BCUT2D eigenvalue weighted by molar-refractivity contribution is -0.132. The molecule has 5 nitrogen and oxygen atoms in total. The van der Waals surface area contributed by atoms with Crippen molar-refractivity contribution in [3.8, 4) is 17.5 Å². The number of benzene rings is 1. The molecule has 0 aliphatic rings. The highest BCUT2D eigenvalue weighted by Gasteiger charge is 2.12. The van der Waals surface area contributed by atoms with E-state index in [0.29, 0.717) is 5.56 Å². The summed E-state index contributed by atoms with van der Waals surface area (Å²) in [6.45, 7) is 3.82. The molecule has 2 aromatic rings. The van der Waals surface area contributed by atoms with Gasteiger partial charge in [-0.1, -0.05) is 0 Å². The van der Waals surface area contributed by atoms with E-state index in [0.717, 1.165) is 22.8 Å². The first-order valence-electron chi connectivity index (χ1n) is 6.66. The molecule has 1 N–H and O–H groups in total. The summed E-state index contributed by atoms with van der Waals surface area (Å²) in [5.74, 6) is -0.458. The Morgan fingerprint density at radius 2 is 1.95 bits per heavy atom. The molecule has 0 fully saturated rings. The third-order valence-corrected chi connectivity index (χ3v) is 3.45. The summed E-state index contributed by atoms with van der Waals surface area (Å²) in [7, 11) is 1.61. The topological polar surface area (TPSA) is 75.2 Å². The molecule has 2 rings (SSSR count). The van der Waals surface area contributed by atoms with Gasteiger partial charge in [0.05, 0.1) is 7.11 Å². The zero-order valence-corrected chi connectivity index (χ0v) is 12.6. The summed E-state index contributed by atoms with van der Waals surface area (Å²) < 4.78 is 7.15. The zero-order chi connectivity index (χ0) is 16.3. The number of carboxylic acid groups (broad SMARTS) is 1. The van der Waals surface area contributed by atoms with Crippen molar-refractivity contribution in [2.75, 3.05) is 7.11 Å². The molecule has 0 saturated carbocycles. The van der Waals surface area contributed by atoms with Crippen LogP contribution in [-0.2, 0) is 4.79 Å². The van der Waals surface area contributed by atoms with Gasteiger partial charge < -0.3 is 14.4 Å². The maximum Gasteiger partial charge on any atom is 0.346 e. The number of carbonyl (C=O) groups is 1. The summed E-state index contributed by atoms with van der Waals surface area (Å²) >= 11 is 0. The first-order valence-corrected chi connectivity index (χ1v) is 6.66. The Balaban J connectivity index is 2.51. The molecule has 0 saturated heterocycles. The number of aromatic nitrogens is 1. The molecule has 0 amide bonds. The molecule has 1 aromatic carbocycles. The van der Waals surface area contributed by atoms with Crippen molar-refractivity contribution in [1.82, 2.24) is 4.57 Å². The fourth-order valence-electron chi connectivity index (χ4n) is 2.36. The van der Waals surface area contributed by atoms with Crippen LogP contribution in [0.1, 0.15) is 17.0 Å². The van der Waals surface area contributed by atoms with E-state index in [1.54, 1.807) is 13.2 Å². The molecule has 0 aliphatic heterocycles. The highest BCUT2D eigenvalue weighted by Crippen LogP contribution is 2.24. The predicted octanol–water partition coefficient (Wildman–Crippen LogP) is 3.09. The third kappa shape index (κ3) is 2.86. The van der Waals surface area contributed by atoms with Crippen LogP contribution in [0.25, 0.3) is 11.8 Å². The van der Waals surface area contributed by atoms with Gasteiger partial charge in [0, 0.05) is 17.1 Å². The number of nitriles is 1. The minimum Gasteiger partial charge on any atom is -0.497 e. The number of hydrogen-bond acceptors (Lipinski definition) is 3. The molecule has 112 valence electrons. The zero-order valence-electron chi connectivity index (χ0n) is 12.6. The Labute approximate surface area is 128 Å². The quantitative estimate of drug-likeness (QED) is 0.695. The van der Waals surface area contributed by atoms with E-state index in [2.05, 4.69) is 0 Å². The average molecular weight is 296 g/mol. The van der Waals surface area contributed by atoms with E-state index in [4.69, 9.17) is 15.1 Å². The van der Waals surface area contributed by atoms with Gasteiger partial charge in [-0.05, 0) is 55.8 Å². The lowest BCUT2D eigenvalue weighted by Crippen LogP contribution is -2.00. The second kappa shape index (κ2) is 6.19. The van der Waals surface area contributed by atoms with E-state index in [1.165, 1.54) is 6.08 Å². The van der Waals surface area contributed by atoms with Crippen LogP contribution < -0.4 is 4.74 Å². The van der Waals surface area contributed by atoms with Crippen LogP contribution in [0.4, 0.5) is 0 Å². The largest absolute Gasteiger partial charge is 0.497 e. The molecule has 0 bridgehead atoms. The minimum atomic E-state index is -1.23. The number of hydrogen-bond donors (Lipinski definition) is 1. The van der Waals surface area contributed by atoms with Crippen LogP contribution in [-0.4, -0.2) is 22.8 Å². The van der Waals surface area contributed by atoms with Gasteiger partial charge in [-0.2, -0.15) is 5.26 Å². The molecule has 1 aromatic heterocycles. The number of methoxy groups -OCH3 is 1. The molecule has 0 radical (unpaired) electrons. The number of nitrogens with zero attached hydrogens (tertiary/aromatic N) is 2. The second-order valence-electron chi connectivity index (χ2n) is 4.83. The smallest absolute Gasteiger partial charge is 0.346 e. The van der Waals surface area contributed by atoms with E-state index in [-0.39, 0.29) is 5.57 Å². The van der Waals surface area contributed by atoms with E-state index in [1.807, 2.05) is 48.7 Å². The fraction of sp³-hybridized carbons (Fsp3) is 0.176. The predicted molar refractivity (Wildman–Crippen MR) is 83.0 cm³/mol. The maximum atomic E-state index is 11.0. The lowest BCUT2D eigenvalue weighted by Gasteiger charge is -2.10. The number of rotatable bonds is 4. The Hall–Kier alpha value is -3.00. The Morgan fingerprint density at radius 3 is 2.45 bits per heavy atom. The van der Waals surface area contributed by atoms with Crippen LogP contribution in [0, 0.1) is 25.2 Å². The van der Waals surface area contributed by atoms with Crippen molar-refractivity contribution in [3.63, 3.8) is 0 Å². The van der Waals surface area contributed by atoms with E-state index >= 15 is 0 Å². The molecule has 5 heteroatoms. The molecular weight excluding hydrogens is 280 g/mol. The first kappa shape index (κ1) is 15.4. The molecule has 0 unspecified atom stereocenters. The number of ether oxygens (including phenoxy) is 1. The van der Waals surface area contributed by atoms with Crippen LogP contribution in [0.2, 0.25) is 0 Å². The van der Waals surface area contributed by atoms with E-state index in [9.17, 15) is 4.79 Å². The van der Waals surface area contributed by atoms with Crippen LogP contribution in [0.5, 0.6) is 5.75 Å². The van der Waals surface area contributed by atoms with Gasteiger partial charge in [-0.15, -0.1) is 0 Å². The summed E-state index contributed by atoms with van der Waals surface area (Å²) in [6.07, 6.45) is 1.39. The van der Waals surface area contributed by atoms with Crippen molar-refractivity contribution < 1.29 is 14.6 Å². The number of aryl methyl sites for hydroxylation is 1. The normalized spacial score (nSPS) is 11.1. The summed E-state index contributed by atoms with van der Waals surface area (Å²) in [5.41, 5.74) is 3.21. The van der Waals surface area contributed by atoms with Crippen molar-refractivity contribution in [2.24, 2.45) is 0 Å². The van der Waals surface area contributed by atoms with Gasteiger partial charge >= 0.3 is 5.97 Å². The summed E-state index contributed by atoms with van der Waals surface area (Å²) in [6, 6.07) is 11.1. The monoisotopic (exact) mass is 296 g/mol. The van der Waals surface area contributed by atoms with Crippen molar-refractivity contribution >= 4 is 12.0 Å². The molecule has 0 atom stereocenters. The second-order valence-corrected chi connectivity index (χ2v) is 4.83. The van der Waals surface area contributed by atoms with E-state index < -0.39 is 5.97 Å². The van der Waals surface area contributed by atoms with Gasteiger partial charge in [0.15, 0.2) is 0 Å². The maximum absolute atomic E-state index is 11.0. The molecule has 0 aliphatic carbocycles. The van der Waals surface area contributed by atoms with Gasteiger partial charge in [-0.3, -0.25) is 0 Å². The van der Waals surface area contributed by atoms with Crippen molar-refractivity contribution in [2.45, 2.75) is 13.8 Å². The average Bonchev–Trinajstić information content (AvgIpc) is 2.78. The van der Waals surface area contributed by atoms with Gasteiger partial charge in [0.25, 0.3) is 0 Å². The van der Waals surface area contributed by atoms with Gasteiger partial charge in [0.2, 0.25) is 0 Å². The Morgan fingerprint density at radius 1 is 1.32 bits per heavy atom.